The number of anilines is 2. The molecule has 20 heavy (non-hydrogen) atoms. The number of nitrogens with zero attached hydrogens (tertiary/aromatic N) is 2. The van der Waals surface area contributed by atoms with Crippen molar-refractivity contribution in [2.75, 3.05) is 10.5 Å². The molecule has 0 amide bonds. The normalized spacial score (nSPS) is 11.6. The van der Waals surface area contributed by atoms with Gasteiger partial charge in [0.15, 0.2) is 0 Å². The van der Waals surface area contributed by atoms with E-state index in [4.69, 9.17) is 5.73 Å². The molecular formula is C11H13FN4O2S2. The van der Waals surface area contributed by atoms with Crippen LogP contribution in [0.25, 0.3) is 0 Å². The lowest BCUT2D eigenvalue weighted by molar-refractivity contribution is 0.599. The van der Waals surface area contributed by atoms with Gasteiger partial charge < -0.3 is 5.73 Å². The van der Waals surface area contributed by atoms with Gasteiger partial charge in [0.25, 0.3) is 10.0 Å². The van der Waals surface area contributed by atoms with E-state index in [1.54, 1.807) is 0 Å². The van der Waals surface area contributed by atoms with Crippen LogP contribution in [0.2, 0.25) is 0 Å². The second-order valence-corrected chi connectivity index (χ2v) is 6.85. The Balaban J connectivity index is 2.35. The molecule has 0 saturated carbocycles. The van der Waals surface area contributed by atoms with Gasteiger partial charge in [0.1, 0.15) is 10.8 Å². The summed E-state index contributed by atoms with van der Waals surface area (Å²) in [5, 5.41) is 8.44. The Labute approximate surface area is 119 Å². The third-order valence-electron chi connectivity index (χ3n) is 2.56. The van der Waals surface area contributed by atoms with Gasteiger partial charge in [-0.3, -0.25) is 4.72 Å². The highest BCUT2D eigenvalue weighted by Crippen LogP contribution is 2.24. The first-order chi connectivity index (χ1) is 9.33. The first-order valence-electron chi connectivity index (χ1n) is 5.74. The molecule has 6 nitrogen and oxygen atoms in total. The van der Waals surface area contributed by atoms with Crippen LogP contribution in [-0.2, 0) is 16.4 Å². The number of nitrogen functional groups attached to an aromatic ring is 1. The maximum atomic E-state index is 13.4. The molecule has 2 aromatic rings. The van der Waals surface area contributed by atoms with Crippen molar-refractivity contribution >= 4 is 32.2 Å². The van der Waals surface area contributed by atoms with Crippen molar-refractivity contribution in [2.45, 2.75) is 25.2 Å². The smallest absolute Gasteiger partial charge is 0.263 e. The zero-order chi connectivity index (χ0) is 14.9. The molecular weight excluding hydrogens is 303 g/mol. The highest BCUT2D eigenvalue weighted by atomic mass is 32.2. The zero-order valence-corrected chi connectivity index (χ0v) is 12.5. The fourth-order valence-corrected chi connectivity index (χ4v) is 3.56. The maximum absolute atomic E-state index is 13.4. The van der Waals surface area contributed by atoms with Crippen LogP contribution in [0, 0.1) is 12.7 Å². The van der Waals surface area contributed by atoms with Gasteiger partial charge in [-0.25, -0.2) is 12.8 Å². The summed E-state index contributed by atoms with van der Waals surface area (Å²) < 4.78 is 40.0. The number of hydrogen-bond donors (Lipinski definition) is 2. The summed E-state index contributed by atoms with van der Waals surface area (Å²) in [5.41, 5.74) is 5.40. The molecule has 0 unspecified atom stereocenters. The molecule has 1 heterocycles. The Morgan fingerprint density at radius 3 is 2.65 bits per heavy atom. The van der Waals surface area contributed by atoms with Gasteiger partial charge in [0.05, 0.1) is 10.6 Å². The van der Waals surface area contributed by atoms with E-state index in [1.165, 1.54) is 13.0 Å². The van der Waals surface area contributed by atoms with Crippen molar-refractivity contribution in [1.82, 2.24) is 10.2 Å². The van der Waals surface area contributed by atoms with Crippen LogP contribution < -0.4 is 10.5 Å². The monoisotopic (exact) mass is 316 g/mol. The topological polar surface area (TPSA) is 98.0 Å². The van der Waals surface area contributed by atoms with Gasteiger partial charge in [0.2, 0.25) is 5.13 Å². The van der Waals surface area contributed by atoms with Crippen LogP contribution in [0.1, 0.15) is 17.5 Å². The lowest BCUT2D eigenvalue weighted by atomic mass is 10.2. The number of aromatic nitrogens is 2. The van der Waals surface area contributed by atoms with E-state index in [-0.39, 0.29) is 21.3 Å². The molecule has 1 aromatic heterocycles. The summed E-state index contributed by atoms with van der Waals surface area (Å²) in [6, 6.07) is 2.29. The fraction of sp³-hybridized carbons (Fsp3) is 0.273. The molecule has 0 aliphatic carbocycles. The van der Waals surface area contributed by atoms with Crippen LogP contribution in [0.4, 0.5) is 15.2 Å². The van der Waals surface area contributed by atoms with E-state index in [2.05, 4.69) is 14.9 Å². The highest BCUT2D eigenvalue weighted by Gasteiger charge is 2.19. The van der Waals surface area contributed by atoms with Crippen LogP contribution in [0.15, 0.2) is 17.0 Å². The summed E-state index contributed by atoms with van der Waals surface area (Å²) >= 11 is 1.15. The Morgan fingerprint density at radius 1 is 1.40 bits per heavy atom. The molecule has 0 aliphatic rings. The van der Waals surface area contributed by atoms with E-state index in [1.807, 2.05) is 6.92 Å². The summed E-state index contributed by atoms with van der Waals surface area (Å²) in [4.78, 5) is -0.109. The molecule has 0 atom stereocenters. The Kier molecular flexibility index (Phi) is 3.91. The van der Waals surface area contributed by atoms with Crippen molar-refractivity contribution in [3.05, 3.63) is 28.5 Å². The molecule has 0 bridgehead atoms. The number of rotatable bonds is 4. The van der Waals surface area contributed by atoms with Gasteiger partial charge >= 0.3 is 0 Å². The molecule has 0 aliphatic heterocycles. The molecule has 3 N–H and O–H groups in total. The average molecular weight is 316 g/mol. The molecule has 0 fully saturated rings. The minimum atomic E-state index is -3.86. The average Bonchev–Trinajstić information content (AvgIpc) is 2.82. The van der Waals surface area contributed by atoms with E-state index in [0.29, 0.717) is 6.42 Å². The van der Waals surface area contributed by atoms with Crippen molar-refractivity contribution in [2.24, 2.45) is 0 Å². The SMILES string of the molecule is CCc1nnc(NS(=O)(=O)c2cc(C)c(F)c(N)c2)s1. The zero-order valence-electron chi connectivity index (χ0n) is 10.8. The number of sulfonamides is 1. The molecule has 2 rings (SSSR count). The largest absolute Gasteiger partial charge is 0.396 e. The van der Waals surface area contributed by atoms with Crippen molar-refractivity contribution < 1.29 is 12.8 Å². The summed E-state index contributed by atoms with van der Waals surface area (Å²) in [5.74, 6) is -0.617. The van der Waals surface area contributed by atoms with E-state index in [0.717, 1.165) is 22.4 Å². The Morgan fingerprint density at radius 2 is 2.10 bits per heavy atom. The van der Waals surface area contributed by atoms with Crippen LogP contribution >= 0.6 is 11.3 Å². The van der Waals surface area contributed by atoms with Crippen LogP contribution in [0.3, 0.4) is 0 Å². The fourth-order valence-electron chi connectivity index (χ4n) is 1.53. The predicted molar refractivity (Wildman–Crippen MR) is 75.6 cm³/mol. The van der Waals surface area contributed by atoms with Crippen molar-refractivity contribution in [3.63, 3.8) is 0 Å². The van der Waals surface area contributed by atoms with Crippen LogP contribution in [0.5, 0.6) is 0 Å². The van der Waals surface area contributed by atoms with Gasteiger partial charge in [-0.2, -0.15) is 0 Å². The minimum absolute atomic E-state index is 0.109. The molecule has 0 saturated heterocycles. The molecule has 1 aromatic carbocycles. The highest BCUT2D eigenvalue weighted by molar-refractivity contribution is 7.93. The first-order valence-corrected chi connectivity index (χ1v) is 8.04. The molecule has 108 valence electrons. The number of hydrogen-bond acceptors (Lipinski definition) is 6. The third-order valence-corrected chi connectivity index (χ3v) is 4.99. The summed E-state index contributed by atoms with van der Waals surface area (Å²) in [6.45, 7) is 3.34. The third kappa shape index (κ3) is 2.88. The van der Waals surface area contributed by atoms with E-state index < -0.39 is 15.8 Å². The second-order valence-electron chi connectivity index (χ2n) is 4.10. The van der Waals surface area contributed by atoms with E-state index in [9.17, 15) is 12.8 Å². The van der Waals surface area contributed by atoms with Crippen molar-refractivity contribution in [3.8, 4) is 0 Å². The van der Waals surface area contributed by atoms with Gasteiger partial charge in [-0.05, 0) is 31.0 Å². The quantitative estimate of drug-likeness (QED) is 0.840. The number of nitrogens with two attached hydrogens (primary N) is 1. The number of aryl methyl sites for hydroxylation is 2. The summed E-state index contributed by atoms with van der Waals surface area (Å²) in [7, 11) is -3.86. The predicted octanol–water partition coefficient (Wildman–Crippen LogP) is 1.93. The minimum Gasteiger partial charge on any atom is -0.396 e. The number of benzene rings is 1. The van der Waals surface area contributed by atoms with Gasteiger partial charge in [-0.1, -0.05) is 18.3 Å². The number of halogens is 1. The summed E-state index contributed by atoms with van der Waals surface area (Å²) in [6.07, 6.45) is 0.669. The lowest BCUT2D eigenvalue weighted by Gasteiger charge is -2.08. The number of nitrogens with one attached hydrogen (secondary N) is 1. The maximum Gasteiger partial charge on any atom is 0.263 e. The van der Waals surface area contributed by atoms with E-state index >= 15 is 0 Å². The van der Waals surface area contributed by atoms with Gasteiger partial charge in [-0.15, -0.1) is 10.2 Å². The molecule has 0 spiro atoms. The Bertz CT molecular complexity index is 720. The van der Waals surface area contributed by atoms with Gasteiger partial charge in [0, 0.05) is 0 Å². The van der Waals surface area contributed by atoms with Crippen LogP contribution in [-0.4, -0.2) is 18.6 Å². The molecule has 0 radical (unpaired) electrons. The first kappa shape index (κ1) is 14.7. The standard InChI is InChI=1S/C11H13FN4O2S2/c1-3-9-14-15-11(19-9)16-20(17,18)7-4-6(2)10(12)8(13)5-7/h4-5H,3,13H2,1-2H3,(H,15,16). The second kappa shape index (κ2) is 5.33. The molecule has 9 heteroatoms. The lowest BCUT2D eigenvalue weighted by Crippen LogP contribution is -2.14. The Hall–Kier alpha value is -1.74. The van der Waals surface area contributed by atoms with Crippen molar-refractivity contribution in [1.29, 1.82) is 0 Å².